The topological polar surface area (TPSA) is 77.8 Å². The minimum absolute atomic E-state index is 0.126. The summed E-state index contributed by atoms with van der Waals surface area (Å²) in [6, 6.07) is 8.01. The number of likely N-dealkylation sites (N-methyl/N-ethyl adjacent to an activating group) is 1. The van der Waals surface area contributed by atoms with Crippen molar-refractivity contribution in [1.29, 1.82) is 0 Å². The third-order valence-corrected chi connectivity index (χ3v) is 5.79. The Hall–Kier alpha value is -2.94. The second-order valence-electron chi connectivity index (χ2n) is 7.92. The summed E-state index contributed by atoms with van der Waals surface area (Å²) >= 11 is 0. The van der Waals surface area contributed by atoms with Gasteiger partial charge in [-0.3, -0.25) is 10.1 Å². The number of piperidine rings is 1. The molecule has 0 atom stereocenters. The van der Waals surface area contributed by atoms with Crippen LogP contribution in [0.2, 0.25) is 0 Å². The van der Waals surface area contributed by atoms with Crippen molar-refractivity contribution in [1.82, 2.24) is 9.88 Å². The molecule has 0 aliphatic carbocycles. The van der Waals surface area contributed by atoms with Gasteiger partial charge in [0, 0.05) is 51.0 Å². The molecule has 0 saturated carbocycles. The normalized spacial score (nSPS) is 17.8. The first kappa shape index (κ1) is 20.3. The average Bonchev–Trinajstić information content (AvgIpc) is 2.75. The van der Waals surface area contributed by atoms with Crippen molar-refractivity contribution in [2.24, 2.45) is 0 Å². The molecule has 4 rings (SSSR count). The SMILES string of the molecule is CN1CCN(c2ccc([N+](=O)[O-])c(Nc3ccc(N4CCCCC4)c(F)c3)n2)CC1. The van der Waals surface area contributed by atoms with Gasteiger partial charge in [0.25, 0.3) is 0 Å². The van der Waals surface area contributed by atoms with E-state index < -0.39 is 4.92 Å². The largest absolute Gasteiger partial charge is 0.369 e. The maximum absolute atomic E-state index is 14.8. The number of aromatic nitrogens is 1. The van der Waals surface area contributed by atoms with E-state index in [0.717, 1.165) is 52.1 Å². The van der Waals surface area contributed by atoms with E-state index in [2.05, 4.69) is 32.0 Å². The number of hydrogen-bond donors (Lipinski definition) is 1. The third-order valence-electron chi connectivity index (χ3n) is 5.79. The van der Waals surface area contributed by atoms with Gasteiger partial charge in [-0.25, -0.2) is 9.37 Å². The molecule has 160 valence electrons. The van der Waals surface area contributed by atoms with Gasteiger partial charge < -0.3 is 20.0 Å². The average molecular weight is 414 g/mol. The standard InChI is InChI=1S/C21H27FN6O2/c1-25-11-13-27(14-12-25)20-8-7-19(28(29)30)21(24-20)23-16-5-6-18(17(22)15-16)26-9-3-2-4-10-26/h5-8,15H,2-4,9-14H2,1H3,(H,23,24). The lowest BCUT2D eigenvalue weighted by Gasteiger charge is -2.33. The zero-order valence-corrected chi connectivity index (χ0v) is 17.2. The highest BCUT2D eigenvalue weighted by Gasteiger charge is 2.22. The fourth-order valence-corrected chi connectivity index (χ4v) is 4.01. The van der Waals surface area contributed by atoms with Crippen molar-refractivity contribution in [2.45, 2.75) is 19.3 Å². The van der Waals surface area contributed by atoms with Crippen molar-refractivity contribution in [2.75, 3.05) is 61.4 Å². The maximum Gasteiger partial charge on any atom is 0.311 e. The van der Waals surface area contributed by atoms with Crippen molar-refractivity contribution >= 4 is 28.7 Å². The lowest BCUT2D eigenvalue weighted by atomic mass is 10.1. The van der Waals surface area contributed by atoms with Gasteiger partial charge >= 0.3 is 5.69 Å². The number of anilines is 4. The van der Waals surface area contributed by atoms with E-state index in [4.69, 9.17) is 0 Å². The van der Waals surface area contributed by atoms with Crippen LogP contribution in [0.15, 0.2) is 30.3 Å². The first-order valence-corrected chi connectivity index (χ1v) is 10.4. The number of rotatable bonds is 5. The van der Waals surface area contributed by atoms with Gasteiger partial charge in [0.15, 0.2) is 0 Å². The highest BCUT2D eigenvalue weighted by atomic mass is 19.1. The summed E-state index contributed by atoms with van der Waals surface area (Å²) in [4.78, 5) is 21.9. The summed E-state index contributed by atoms with van der Waals surface area (Å²) in [5.74, 6) is 0.475. The lowest BCUT2D eigenvalue weighted by molar-refractivity contribution is -0.384. The van der Waals surface area contributed by atoms with E-state index in [1.807, 2.05) is 0 Å². The van der Waals surface area contributed by atoms with E-state index in [9.17, 15) is 14.5 Å². The highest BCUT2D eigenvalue weighted by molar-refractivity contribution is 5.69. The zero-order chi connectivity index (χ0) is 21.1. The van der Waals surface area contributed by atoms with Gasteiger partial charge in [-0.05, 0) is 50.6 Å². The summed E-state index contributed by atoms with van der Waals surface area (Å²) in [5.41, 5.74) is 0.890. The first-order chi connectivity index (χ1) is 14.5. The molecule has 2 fully saturated rings. The molecule has 2 aliphatic heterocycles. The molecular weight excluding hydrogens is 387 g/mol. The van der Waals surface area contributed by atoms with Crippen LogP contribution < -0.4 is 15.1 Å². The fraction of sp³-hybridized carbons (Fsp3) is 0.476. The fourth-order valence-electron chi connectivity index (χ4n) is 4.01. The second-order valence-corrected chi connectivity index (χ2v) is 7.92. The Morgan fingerprint density at radius 1 is 1.00 bits per heavy atom. The smallest absolute Gasteiger partial charge is 0.311 e. The van der Waals surface area contributed by atoms with E-state index in [1.54, 1.807) is 18.2 Å². The molecule has 2 aliphatic rings. The number of halogens is 1. The van der Waals surface area contributed by atoms with Crippen LogP contribution in [0.3, 0.4) is 0 Å². The predicted octanol–water partition coefficient (Wildman–Crippen LogP) is 3.61. The molecule has 0 radical (unpaired) electrons. The number of nitrogens with zero attached hydrogens (tertiary/aromatic N) is 5. The summed E-state index contributed by atoms with van der Waals surface area (Å²) in [5, 5.41) is 14.5. The summed E-state index contributed by atoms with van der Waals surface area (Å²) < 4.78 is 14.8. The Kier molecular flexibility index (Phi) is 5.98. The third kappa shape index (κ3) is 4.46. The first-order valence-electron chi connectivity index (χ1n) is 10.4. The van der Waals surface area contributed by atoms with E-state index >= 15 is 0 Å². The quantitative estimate of drug-likeness (QED) is 0.591. The number of nitro groups is 1. The Balaban J connectivity index is 1.57. The zero-order valence-electron chi connectivity index (χ0n) is 17.2. The van der Waals surface area contributed by atoms with E-state index in [0.29, 0.717) is 17.2 Å². The van der Waals surface area contributed by atoms with Crippen LogP contribution in [-0.2, 0) is 0 Å². The van der Waals surface area contributed by atoms with Crippen molar-refractivity contribution in [3.8, 4) is 0 Å². The minimum Gasteiger partial charge on any atom is -0.369 e. The van der Waals surface area contributed by atoms with Crippen molar-refractivity contribution < 1.29 is 9.31 Å². The van der Waals surface area contributed by atoms with Gasteiger partial charge in [-0.1, -0.05) is 0 Å². The van der Waals surface area contributed by atoms with Gasteiger partial charge in [0.2, 0.25) is 5.82 Å². The molecule has 1 aromatic heterocycles. The maximum atomic E-state index is 14.8. The van der Waals surface area contributed by atoms with E-state index in [1.165, 1.54) is 18.6 Å². The number of nitrogens with one attached hydrogen (secondary N) is 1. The van der Waals surface area contributed by atoms with Gasteiger partial charge in [0.1, 0.15) is 11.6 Å². The molecular formula is C21H27FN6O2. The predicted molar refractivity (Wildman–Crippen MR) is 116 cm³/mol. The molecule has 30 heavy (non-hydrogen) atoms. The summed E-state index contributed by atoms with van der Waals surface area (Å²) in [7, 11) is 2.07. The van der Waals surface area contributed by atoms with E-state index in [-0.39, 0.29) is 17.3 Å². The number of pyridine rings is 1. The van der Waals surface area contributed by atoms with Crippen LogP contribution in [0.5, 0.6) is 0 Å². The minimum atomic E-state index is -0.471. The van der Waals surface area contributed by atoms with Crippen molar-refractivity contribution in [3.63, 3.8) is 0 Å². The lowest BCUT2D eigenvalue weighted by Crippen LogP contribution is -2.44. The molecule has 2 aromatic rings. The molecule has 0 amide bonds. The molecule has 1 N–H and O–H groups in total. The number of hydrogen-bond acceptors (Lipinski definition) is 7. The molecule has 8 nitrogen and oxygen atoms in total. The monoisotopic (exact) mass is 414 g/mol. The Bertz CT molecular complexity index is 910. The molecule has 9 heteroatoms. The second kappa shape index (κ2) is 8.83. The molecule has 0 unspecified atom stereocenters. The Labute approximate surface area is 175 Å². The number of piperazine rings is 1. The highest BCUT2D eigenvalue weighted by Crippen LogP contribution is 2.31. The van der Waals surface area contributed by atoms with Crippen LogP contribution in [0.4, 0.5) is 33.1 Å². The van der Waals surface area contributed by atoms with Gasteiger partial charge in [-0.15, -0.1) is 0 Å². The Morgan fingerprint density at radius 2 is 1.73 bits per heavy atom. The van der Waals surface area contributed by atoms with Gasteiger partial charge in [-0.2, -0.15) is 0 Å². The molecule has 3 heterocycles. The molecule has 1 aromatic carbocycles. The summed E-state index contributed by atoms with van der Waals surface area (Å²) in [6.07, 6.45) is 3.31. The van der Waals surface area contributed by atoms with Crippen LogP contribution in [0, 0.1) is 15.9 Å². The van der Waals surface area contributed by atoms with Crippen LogP contribution in [-0.4, -0.2) is 61.1 Å². The molecule has 0 spiro atoms. The van der Waals surface area contributed by atoms with Crippen LogP contribution in [0.1, 0.15) is 19.3 Å². The van der Waals surface area contributed by atoms with Crippen LogP contribution in [0.25, 0.3) is 0 Å². The molecule has 0 bridgehead atoms. The van der Waals surface area contributed by atoms with Gasteiger partial charge in [0.05, 0.1) is 10.6 Å². The van der Waals surface area contributed by atoms with Crippen LogP contribution >= 0.6 is 0 Å². The molecule has 2 saturated heterocycles. The van der Waals surface area contributed by atoms with Crippen molar-refractivity contribution in [3.05, 3.63) is 46.3 Å². The Morgan fingerprint density at radius 3 is 2.40 bits per heavy atom. The summed E-state index contributed by atoms with van der Waals surface area (Å²) in [6.45, 7) is 5.13. The number of benzene rings is 1.